The monoisotopic (exact) mass is 340 g/mol. The van der Waals surface area contributed by atoms with Gasteiger partial charge in [0.25, 0.3) is 5.91 Å². The number of amides is 1. The first-order chi connectivity index (χ1) is 12.3. The van der Waals surface area contributed by atoms with Crippen molar-refractivity contribution < 1.29 is 18.8 Å². The van der Waals surface area contributed by atoms with Crippen LogP contribution in [0, 0.1) is 0 Å². The highest BCUT2D eigenvalue weighted by molar-refractivity contribution is 5.92. The Morgan fingerprint density at radius 1 is 1.08 bits per heavy atom. The summed E-state index contributed by atoms with van der Waals surface area (Å²) in [5.41, 5.74) is 1.51. The lowest BCUT2D eigenvalue weighted by Crippen LogP contribution is -2.30. The molecule has 6 heteroatoms. The van der Waals surface area contributed by atoms with Gasteiger partial charge in [0.15, 0.2) is 17.2 Å². The van der Waals surface area contributed by atoms with Gasteiger partial charge in [-0.15, -0.1) is 0 Å². The Morgan fingerprint density at radius 2 is 1.92 bits per heavy atom. The van der Waals surface area contributed by atoms with E-state index >= 15 is 0 Å². The molecule has 6 nitrogen and oxygen atoms in total. The fraction of sp³-hybridized carbons (Fsp3) is 0.474. The van der Waals surface area contributed by atoms with Gasteiger partial charge >= 0.3 is 0 Å². The highest BCUT2D eigenvalue weighted by Crippen LogP contribution is 2.41. The number of rotatable bonds is 3. The summed E-state index contributed by atoms with van der Waals surface area (Å²) in [6.45, 7) is 1.88. The molecule has 2 aliphatic heterocycles. The molecule has 1 saturated heterocycles. The molecule has 1 saturated carbocycles. The summed E-state index contributed by atoms with van der Waals surface area (Å²) in [6, 6.07) is 7.83. The minimum atomic E-state index is -0.0481. The lowest BCUT2D eigenvalue weighted by molar-refractivity contribution is 0.0724. The summed E-state index contributed by atoms with van der Waals surface area (Å²) < 4.78 is 16.6. The van der Waals surface area contributed by atoms with Crippen molar-refractivity contribution in [2.45, 2.75) is 37.6 Å². The summed E-state index contributed by atoms with van der Waals surface area (Å²) in [5, 5.41) is 4.01. The van der Waals surface area contributed by atoms with Crippen molar-refractivity contribution in [2.75, 3.05) is 19.8 Å². The Bertz CT molecular complexity index is 812. The summed E-state index contributed by atoms with van der Waals surface area (Å²) in [7, 11) is 0. The predicted octanol–water partition coefficient (Wildman–Crippen LogP) is 3.30. The van der Waals surface area contributed by atoms with Crippen LogP contribution in [0.25, 0.3) is 0 Å². The van der Waals surface area contributed by atoms with E-state index in [-0.39, 0.29) is 11.9 Å². The molecule has 25 heavy (non-hydrogen) atoms. The van der Waals surface area contributed by atoms with E-state index in [0.29, 0.717) is 24.8 Å². The molecule has 5 rings (SSSR count). The molecule has 0 bridgehead atoms. The van der Waals surface area contributed by atoms with Crippen LogP contribution in [0.2, 0.25) is 0 Å². The van der Waals surface area contributed by atoms with Crippen LogP contribution in [0.5, 0.6) is 11.5 Å². The second-order valence-corrected chi connectivity index (χ2v) is 6.95. The number of fused-ring (bicyclic) bond motifs is 1. The lowest BCUT2D eigenvalue weighted by atomic mass is 10.0. The van der Waals surface area contributed by atoms with Crippen LogP contribution in [-0.2, 0) is 0 Å². The van der Waals surface area contributed by atoms with Crippen LogP contribution in [0.4, 0.5) is 0 Å². The third kappa shape index (κ3) is 2.65. The summed E-state index contributed by atoms with van der Waals surface area (Å²) in [5.74, 6) is 2.80. The fourth-order valence-electron chi connectivity index (χ4n) is 3.72. The average molecular weight is 340 g/mol. The SMILES string of the molecule is O=C(c1cc(C2CC2)on1)N1CCC[C@@H]1c1ccc2c(c1)OCCO2. The van der Waals surface area contributed by atoms with Crippen LogP contribution < -0.4 is 9.47 Å². The zero-order chi connectivity index (χ0) is 16.8. The van der Waals surface area contributed by atoms with Crippen LogP contribution >= 0.6 is 0 Å². The summed E-state index contributed by atoms with van der Waals surface area (Å²) >= 11 is 0. The van der Waals surface area contributed by atoms with Crippen molar-refractivity contribution in [1.29, 1.82) is 0 Å². The van der Waals surface area contributed by atoms with E-state index in [2.05, 4.69) is 5.16 Å². The van der Waals surface area contributed by atoms with E-state index in [0.717, 1.165) is 55.1 Å². The minimum absolute atomic E-state index is 0.0457. The Hall–Kier alpha value is -2.50. The quantitative estimate of drug-likeness (QED) is 0.858. The van der Waals surface area contributed by atoms with E-state index < -0.39 is 0 Å². The number of carbonyl (C=O) groups is 1. The highest BCUT2D eigenvalue weighted by Gasteiger charge is 2.34. The minimum Gasteiger partial charge on any atom is -0.486 e. The van der Waals surface area contributed by atoms with Crippen LogP contribution in [-0.4, -0.2) is 35.7 Å². The molecule has 3 heterocycles. The smallest absolute Gasteiger partial charge is 0.276 e. The lowest BCUT2D eigenvalue weighted by Gasteiger charge is -2.26. The molecule has 0 N–H and O–H groups in total. The molecule has 0 unspecified atom stereocenters. The first-order valence-corrected chi connectivity index (χ1v) is 8.97. The molecule has 1 amide bonds. The van der Waals surface area contributed by atoms with Gasteiger partial charge in [0.2, 0.25) is 0 Å². The van der Waals surface area contributed by atoms with Gasteiger partial charge < -0.3 is 18.9 Å². The molecule has 1 aromatic heterocycles. The van der Waals surface area contributed by atoms with Gasteiger partial charge in [-0.3, -0.25) is 4.79 Å². The van der Waals surface area contributed by atoms with Gasteiger partial charge in [0.05, 0.1) is 6.04 Å². The first kappa shape index (κ1) is 14.8. The van der Waals surface area contributed by atoms with Crippen LogP contribution in [0.1, 0.15) is 59.5 Å². The van der Waals surface area contributed by atoms with Crippen LogP contribution in [0.3, 0.4) is 0 Å². The Kier molecular flexibility index (Phi) is 3.43. The number of hydrogen-bond acceptors (Lipinski definition) is 5. The topological polar surface area (TPSA) is 64.8 Å². The van der Waals surface area contributed by atoms with Gasteiger partial charge in [0, 0.05) is 18.5 Å². The second kappa shape index (κ2) is 5.79. The molecule has 0 radical (unpaired) electrons. The van der Waals surface area contributed by atoms with Gasteiger partial charge in [-0.1, -0.05) is 11.2 Å². The molecule has 1 aliphatic carbocycles. The maximum Gasteiger partial charge on any atom is 0.276 e. The number of ether oxygens (including phenoxy) is 2. The third-order valence-corrected chi connectivity index (χ3v) is 5.19. The maximum atomic E-state index is 12.9. The van der Waals surface area contributed by atoms with Crippen molar-refractivity contribution >= 4 is 5.91 Å². The van der Waals surface area contributed by atoms with E-state index in [1.54, 1.807) is 0 Å². The number of carbonyl (C=O) groups excluding carboxylic acids is 1. The van der Waals surface area contributed by atoms with E-state index in [4.69, 9.17) is 14.0 Å². The van der Waals surface area contributed by atoms with Gasteiger partial charge in [-0.2, -0.15) is 0 Å². The molecule has 2 fully saturated rings. The largest absolute Gasteiger partial charge is 0.486 e. The predicted molar refractivity (Wildman–Crippen MR) is 88.9 cm³/mol. The fourth-order valence-corrected chi connectivity index (χ4v) is 3.72. The standard InChI is InChI=1S/C19H20N2O4/c22-19(14-11-17(25-20-14)12-3-4-12)21-7-1-2-15(21)13-5-6-16-18(10-13)24-9-8-23-16/h5-6,10-12,15H,1-4,7-9H2/t15-/m1/s1. The van der Waals surface area contributed by atoms with E-state index in [1.807, 2.05) is 29.2 Å². The molecule has 0 spiro atoms. The normalized spacial score (nSPS) is 22.2. The molecule has 1 aromatic carbocycles. The molecule has 1 atom stereocenters. The number of nitrogens with zero attached hydrogens (tertiary/aromatic N) is 2. The maximum absolute atomic E-state index is 12.9. The van der Waals surface area contributed by atoms with Crippen molar-refractivity contribution in [3.63, 3.8) is 0 Å². The summed E-state index contributed by atoms with van der Waals surface area (Å²) in [6.07, 6.45) is 4.19. The number of benzene rings is 1. The second-order valence-electron chi connectivity index (χ2n) is 6.95. The van der Waals surface area contributed by atoms with Gasteiger partial charge in [-0.05, 0) is 43.4 Å². The number of likely N-dealkylation sites (tertiary alicyclic amines) is 1. The Balaban J connectivity index is 1.40. The van der Waals surface area contributed by atoms with Crippen molar-refractivity contribution in [1.82, 2.24) is 10.1 Å². The molecule has 2 aromatic rings. The summed E-state index contributed by atoms with van der Waals surface area (Å²) in [4.78, 5) is 14.8. The third-order valence-electron chi connectivity index (χ3n) is 5.19. The van der Waals surface area contributed by atoms with E-state index in [9.17, 15) is 4.79 Å². The van der Waals surface area contributed by atoms with Gasteiger partial charge in [-0.25, -0.2) is 0 Å². The Morgan fingerprint density at radius 3 is 2.76 bits per heavy atom. The first-order valence-electron chi connectivity index (χ1n) is 8.97. The molecule has 3 aliphatic rings. The zero-order valence-corrected chi connectivity index (χ0v) is 13.9. The average Bonchev–Trinajstić information content (AvgIpc) is 3.19. The van der Waals surface area contributed by atoms with Gasteiger partial charge in [0.1, 0.15) is 19.0 Å². The highest BCUT2D eigenvalue weighted by atomic mass is 16.6. The molecular formula is C19H20N2O4. The molecule has 130 valence electrons. The van der Waals surface area contributed by atoms with Crippen molar-refractivity contribution in [3.8, 4) is 11.5 Å². The zero-order valence-electron chi connectivity index (χ0n) is 13.9. The van der Waals surface area contributed by atoms with Crippen molar-refractivity contribution in [3.05, 3.63) is 41.3 Å². The van der Waals surface area contributed by atoms with Crippen LogP contribution in [0.15, 0.2) is 28.8 Å². The van der Waals surface area contributed by atoms with Crippen molar-refractivity contribution in [2.24, 2.45) is 0 Å². The number of hydrogen-bond donors (Lipinski definition) is 0. The molecular weight excluding hydrogens is 320 g/mol. The Labute approximate surface area is 145 Å². The van der Waals surface area contributed by atoms with E-state index in [1.165, 1.54) is 0 Å². The number of aromatic nitrogens is 1.